The lowest BCUT2D eigenvalue weighted by molar-refractivity contribution is -0.385. The Morgan fingerprint density at radius 2 is 2.11 bits per heavy atom. The zero-order chi connectivity index (χ0) is 13.7. The molecule has 104 valence electrons. The van der Waals surface area contributed by atoms with E-state index in [9.17, 15) is 10.1 Å². The Labute approximate surface area is 120 Å². The van der Waals surface area contributed by atoms with Crippen LogP contribution in [0.4, 0.5) is 5.69 Å². The predicted octanol–water partition coefficient (Wildman–Crippen LogP) is 1.64. The van der Waals surface area contributed by atoms with Crippen molar-refractivity contribution < 1.29 is 9.66 Å². The Balaban J connectivity index is 1.86. The maximum Gasteiger partial charge on any atom is 0.274 e. The minimum Gasteiger partial charge on any atom is -0.492 e. The third kappa shape index (κ3) is 4.45. The number of nitrogens with one attached hydrogen (secondary N) is 1. The maximum atomic E-state index is 10.7. The summed E-state index contributed by atoms with van der Waals surface area (Å²) in [5.41, 5.74) is 0.0338. The highest BCUT2D eigenvalue weighted by Gasteiger charge is 2.11. The molecule has 0 spiro atoms. The fourth-order valence-corrected chi connectivity index (χ4v) is 2.42. The molecule has 1 saturated heterocycles. The number of hydrogen-bond acceptors (Lipinski definition) is 5. The molecule has 1 aliphatic heterocycles. The monoisotopic (exact) mass is 329 g/mol. The fraction of sp³-hybridized carbons (Fsp3) is 0.500. The highest BCUT2D eigenvalue weighted by molar-refractivity contribution is 9.10. The average Bonchev–Trinajstić information content (AvgIpc) is 2.39. The molecule has 1 fully saturated rings. The second kappa shape index (κ2) is 6.83. The Bertz CT molecular complexity index is 450. The molecule has 0 atom stereocenters. The lowest BCUT2D eigenvalue weighted by Crippen LogP contribution is -2.44. The molecule has 0 aliphatic carbocycles. The molecular weight excluding hydrogens is 314 g/mol. The van der Waals surface area contributed by atoms with Crippen LogP contribution in [0.5, 0.6) is 5.75 Å². The van der Waals surface area contributed by atoms with E-state index >= 15 is 0 Å². The minimum atomic E-state index is -0.423. The molecule has 1 aliphatic rings. The first-order valence-corrected chi connectivity index (χ1v) is 6.95. The van der Waals surface area contributed by atoms with Gasteiger partial charge in [0.05, 0.1) is 11.0 Å². The molecular formula is C12H16BrN3O3. The quantitative estimate of drug-likeness (QED) is 0.657. The number of rotatable bonds is 5. The van der Waals surface area contributed by atoms with Crippen LogP contribution in [0.1, 0.15) is 0 Å². The molecule has 0 saturated carbocycles. The predicted molar refractivity (Wildman–Crippen MR) is 75.6 cm³/mol. The van der Waals surface area contributed by atoms with Crippen LogP contribution < -0.4 is 10.1 Å². The van der Waals surface area contributed by atoms with E-state index in [1.165, 1.54) is 12.1 Å². The van der Waals surface area contributed by atoms with Gasteiger partial charge in [-0.15, -0.1) is 0 Å². The summed E-state index contributed by atoms with van der Waals surface area (Å²) in [7, 11) is 0. The van der Waals surface area contributed by atoms with E-state index in [4.69, 9.17) is 4.74 Å². The van der Waals surface area contributed by atoms with Crippen molar-refractivity contribution in [1.29, 1.82) is 0 Å². The summed E-state index contributed by atoms with van der Waals surface area (Å²) in [5, 5.41) is 14.0. The average molecular weight is 330 g/mol. The summed E-state index contributed by atoms with van der Waals surface area (Å²) in [6.07, 6.45) is 0. The van der Waals surface area contributed by atoms with Crippen molar-refractivity contribution in [3.63, 3.8) is 0 Å². The molecule has 0 bridgehead atoms. The zero-order valence-corrected chi connectivity index (χ0v) is 12.1. The molecule has 7 heteroatoms. The number of non-ortho nitro benzene ring substituents is 1. The van der Waals surface area contributed by atoms with Crippen molar-refractivity contribution in [2.24, 2.45) is 0 Å². The third-order valence-electron chi connectivity index (χ3n) is 2.95. The third-order valence-corrected chi connectivity index (χ3v) is 3.41. The molecule has 0 unspecified atom stereocenters. The van der Waals surface area contributed by atoms with Gasteiger partial charge in [0.25, 0.3) is 5.69 Å². The molecule has 2 rings (SSSR count). The highest BCUT2D eigenvalue weighted by Crippen LogP contribution is 2.26. The summed E-state index contributed by atoms with van der Waals surface area (Å²) in [6, 6.07) is 4.65. The van der Waals surface area contributed by atoms with Gasteiger partial charge >= 0.3 is 0 Å². The number of ether oxygens (including phenoxy) is 1. The van der Waals surface area contributed by atoms with E-state index in [1.54, 1.807) is 6.07 Å². The van der Waals surface area contributed by atoms with Gasteiger partial charge in [-0.2, -0.15) is 0 Å². The first-order valence-electron chi connectivity index (χ1n) is 6.16. The van der Waals surface area contributed by atoms with Crippen LogP contribution in [0.3, 0.4) is 0 Å². The van der Waals surface area contributed by atoms with Gasteiger partial charge in [-0.1, -0.05) is 15.9 Å². The minimum absolute atomic E-state index is 0.0338. The maximum absolute atomic E-state index is 10.7. The van der Waals surface area contributed by atoms with Crippen LogP contribution in [0.15, 0.2) is 22.7 Å². The molecule has 0 aromatic heterocycles. The van der Waals surface area contributed by atoms with Crippen LogP contribution in [-0.4, -0.2) is 49.2 Å². The summed E-state index contributed by atoms with van der Waals surface area (Å²) >= 11 is 3.25. The molecule has 1 aromatic rings. The lowest BCUT2D eigenvalue weighted by Gasteiger charge is -2.26. The number of piperazine rings is 1. The first-order chi connectivity index (χ1) is 9.15. The number of nitro groups is 1. The highest BCUT2D eigenvalue weighted by atomic mass is 79.9. The molecule has 1 N–H and O–H groups in total. The summed E-state index contributed by atoms with van der Waals surface area (Å²) in [4.78, 5) is 12.6. The summed E-state index contributed by atoms with van der Waals surface area (Å²) in [5.74, 6) is 0.524. The largest absolute Gasteiger partial charge is 0.492 e. The molecule has 0 amide bonds. The molecule has 6 nitrogen and oxygen atoms in total. The van der Waals surface area contributed by atoms with E-state index in [0.717, 1.165) is 32.7 Å². The standard InChI is InChI=1S/C12H16BrN3O3/c13-10-7-11(16(17)18)9-12(8-10)19-6-5-15-3-1-14-2-4-15/h7-9,14H,1-6H2. The van der Waals surface area contributed by atoms with E-state index in [1.807, 2.05) is 0 Å². The van der Waals surface area contributed by atoms with Crippen molar-refractivity contribution in [2.75, 3.05) is 39.3 Å². The smallest absolute Gasteiger partial charge is 0.274 e. The van der Waals surface area contributed by atoms with E-state index in [2.05, 4.69) is 26.1 Å². The number of hydrogen-bond donors (Lipinski definition) is 1. The van der Waals surface area contributed by atoms with E-state index < -0.39 is 4.92 Å². The molecule has 0 radical (unpaired) electrons. The number of nitro benzene ring substituents is 1. The van der Waals surface area contributed by atoms with Gasteiger partial charge in [0.1, 0.15) is 12.4 Å². The van der Waals surface area contributed by atoms with E-state index in [-0.39, 0.29) is 5.69 Å². The van der Waals surface area contributed by atoms with Crippen LogP contribution in [-0.2, 0) is 0 Å². The number of nitrogens with zero attached hydrogens (tertiary/aromatic N) is 2. The van der Waals surface area contributed by atoms with Gasteiger partial charge in [0.15, 0.2) is 0 Å². The van der Waals surface area contributed by atoms with Crippen LogP contribution in [0.2, 0.25) is 0 Å². The SMILES string of the molecule is O=[N+]([O-])c1cc(Br)cc(OCCN2CCNCC2)c1. The molecule has 1 aromatic carbocycles. The molecule has 1 heterocycles. The van der Waals surface area contributed by atoms with Gasteiger partial charge in [-0.05, 0) is 6.07 Å². The Kier molecular flexibility index (Phi) is 5.12. The fourth-order valence-electron chi connectivity index (χ4n) is 1.96. The zero-order valence-electron chi connectivity index (χ0n) is 10.5. The topological polar surface area (TPSA) is 67.6 Å². The summed E-state index contributed by atoms with van der Waals surface area (Å²) < 4.78 is 6.24. The van der Waals surface area contributed by atoms with Crippen LogP contribution >= 0.6 is 15.9 Å². The van der Waals surface area contributed by atoms with Gasteiger partial charge in [0, 0.05) is 43.3 Å². The Hall–Kier alpha value is -1.18. The van der Waals surface area contributed by atoms with Crippen molar-refractivity contribution in [2.45, 2.75) is 0 Å². The van der Waals surface area contributed by atoms with Crippen molar-refractivity contribution in [3.05, 3.63) is 32.8 Å². The normalized spacial score (nSPS) is 16.3. The van der Waals surface area contributed by atoms with Crippen molar-refractivity contribution in [1.82, 2.24) is 10.2 Å². The second-order valence-electron chi connectivity index (χ2n) is 4.34. The second-order valence-corrected chi connectivity index (χ2v) is 5.26. The number of benzene rings is 1. The first kappa shape index (κ1) is 14.2. The van der Waals surface area contributed by atoms with E-state index in [0.29, 0.717) is 16.8 Å². The van der Waals surface area contributed by atoms with Gasteiger partial charge in [0.2, 0.25) is 0 Å². The van der Waals surface area contributed by atoms with Crippen LogP contribution in [0.25, 0.3) is 0 Å². The van der Waals surface area contributed by atoms with Gasteiger partial charge < -0.3 is 10.1 Å². The number of halogens is 1. The van der Waals surface area contributed by atoms with Gasteiger partial charge in [-0.25, -0.2) is 0 Å². The lowest BCUT2D eigenvalue weighted by atomic mass is 10.3. The van der Waals surface area contributed by atoms with Crippen molar-refractivity contribution in [3.8, 4) is 5.75 Å². The molecule has 19 heavy (non-hydrogen) atoms. The summed E-state index contributed by atoms with van der Waals surface area (Å²) in [6.45, 7) is 5.41. The Morgan fingerprint density at radius 3 is 2.79 bits per heavy atom. The van der Waals surface area contributed by atoms with Crippen molar-refractivity contribution >= 4 is 21.6 Å². The van der Waals surface area contributed by atoms with Gasteiger partial charge in [-0.3, -0.25) is 15.0 Å². The Morgan fingerprint density at radius 1 is 1.37 bits per heavy atom. The van der Waals surface area contributed by atoms with Crippen LogP contribution in [0, 0.1) is 10.1 Å².